The lowest BCUT2D eigenvalue weighted by Crippen LogP contribution is -2.01. The molecule has 0 fully saturated rings. The fraction of sp³-hybridized carbons (Fsp3) is 0.100. The number of nitrogens with zero attached hydrogens (tertiary/aromatic N) is 2. The number of carboxylic acids is 1. The molecule has 0 saturated carbocycles. The summed E-state index contributed by atoms with van der Waals surface area (Å²) in [6.45, 7) is 0. The van der Waals surface area contributed by atoms with E-state index < -0.39 is 5.97 Å². The Morgan fingerprint density at radius 2 is 2.44 bits per heavy atom. The zero-order valence-electron chi connectivity index (χ0n) is 8.16. The SMILES string of the molecule is O=Cc1cccn1-c1nc(CC(=O)O)cs1. The summed E-state index contributed by atoms with van der Waals surface area (Å²) in [4.78, 5) is 25.3. The second-order valence-electron chi connectivity index (χ2n) is 3.11. The van der Waals surface area contributed by atoms with E-state index in [0.29, 0.717) is 16.5 Å². The van der Waals surface area contributed by atoms with Crippen LogP contribution in [0.2, 0.25) is 0 Å². The van der Waals surface area contributed by atoms with Crippen molar-refractivity contribution in [2.45, 2.75) is 6.42 Å². The predicted octanol–water partition coefficient (Wildman–Crippen LogP) is 1.37. The molecule has 0 amide bonds. The van der Waals surface area contributed by atoms with Gasteiger partial charge in [-0.3, -0.25) is 14.2 Å². The highest BCUT2D eigenvalue weighted by Gasteiger charge is 2.09. The Labute approximate surface area is 95.0 Å². The van der Waals surface area contributed by atoms with E-state index in [0.717, 1.165) is 6.29 Å². The molecule has 2 rings (SSSR count). The Kier molecular flexibility index (Phi) is 2.82. The van der Waals surface area contributed by atoms with Crippen molar-refractivity contribution in [3.8, 4) is 5.13 Å². The maximum Gasteiger partial charge on any atom is 0.309 e. The molecule has 2 heterocycles. The van der Waals surface area contributed by atoms with Crippen LogP contribution in [0.25, 0.3) is 5.13 Å². The van der Waals surface area contributed by atoms with Crippen molar-refractivity contribution >= 4 is 23.6 Å². The molecule has 0 aliphatic rings. The number of aldehydes is 1. The fourth-order valence-corrected chi connectivity index (χ4v) is 2.13. The molecule has 0 spiro atoms. The van der Waals surface area contributed by atoms with Gasteiger partial charge < -0.3 is 5.11 Å². The second-order valence-corrected chi connectivity index (χ2v) is 3.95. The maximum atomic E-state index is 10.7. The quantitative estimate of drug-likeness (QED) is 0.814. The van der Waals surface area contributed by atoms with Crippen molar-refractivity contribution in [1.29, 1.82) is 0 Å². The molecule has 6 heteroatoms. The van der Waals surface area contributed by atoms with Crippen LogP contribution >= 0.6 is 11.3 Å². The van der Waals surface area contributed by atoms with Gasteiger partial charge in [0.2, 0.25) is 0 Å². The average Bonchev–Trinajstić information content (AvgIpc) is 2.83. The lowest BCUT2D eigenvalue weighted by atomic mass is 10.3. The molecule has 1 N–H and O–H groups in total. The van der Waals surface area contributed by atoms with Crippen LogP contribution in [0.5, 0.6) is 0 Å². The van der Waals surface area contributed by atoms with Crippen LogP contribution in [0.15, 0.2) is 23.7 Å². The van der Waals surface area contributed by atoms with Crippen molar-refractivity contribution in [1.82, 2.24) is 9.55 Å². The summed E-state index contributed by atoms with van der Waals surface area (Å²) in [7, 11) is 0. The average molecular weight is 236 g/mol. The largest absolute Gasteiger partial charge is 0.481 e. The van der Waals surface area contributed by atoms with E-state index in [2.05, 4.69) is 4.98 Å². The monoisotopic (exact) mass is 236 g/mol. The number of aromatic nitrogens is 2. The van der Waals surface area contributed by atoms with E-state index in [1.807, 2.05) is 0 Å². The molecule has 0 bridgehead atoms. The number of hydrogen-bond acceptors (Lipinski definition) is 4. The normalized spacial score (nSPS) is 10.2. The molecule has 0 saturated heterocycles. The van der Waals surface area contributed by atoms with Crippen molar-refractivity contribution in [3.63, 3.8) is 0 Å². The molecular weight excluding hydrogens is 228 g/mol. The van der Waals surface area contributed by atoms with E-state index >= 15 is 0 Å². The molecular formula is C10H8N2O3S. The minimum absolute atomic E-state index is 0.103. The van der Waals surface area contributed by atoms with Gasteiger partial charge in [0.1, 0.15) is 0 Å². The lowest BCUT2D eigenvalue weighted by molar-refractivity contribution is -0.136. The highest BCUT2D eigenvalue weighted by atomic mass is 32.1. The first-order valence-corrected chi connectivity index (χ1v) is 5.38. The summed E-state index contributed by atoms with van der Waals surface area (Å²) >= 11 is 1.31. The molecule has 82 valence electrons. The number of carbonyl (C=O) groups excluding carboxylic acids is 1. The van der Waals surface area contributed by atoms with Crippen LogP contribution in [0, 0.1) is 0 Å². The van der Waals surface area contributed by atoms with Crippen molar-refractivity contribution in [3.05, 3.63) is 35.1 Å². The number of rotatable bonds is 4. The number of aliphatic carboxylic acids is 1. The van der Waals surface area contributed by atoms with Gasteiger partial charge in [-0.1, -0.05) is 0 Å². The zero-order valence-corrected chi connectivity index (χ0v) is 8.98. The molecule has 0 aliphatic heterocycles. The smallest absolute Gasteiger partial charge is 0.309 e. The van der Waals surface area contributed by atoms with Gasteiger partial charge in [0.05, 0.1) is 17.8 Å². The highest BCUT2D eigenvalue weighted by Crippen LogP contribution is 2.17. The minimum Gasteiger partial charge on any atom is -0.481 e. The van der Waals surface area contributed by atoms with Crippen molar-refractivity contribution < 1.29 is 14.7 Å². The number of carbonyl (C=O) groups is 2. The van der Waals surface area contributed by atoms with Crippen LogP contribution in [0.4, 0.5) is 0 Å². The Morgan fingerprint density at radius 1 is 1.62 bits per heavy atom. The Morgan fingerprint density at radius 3 is 3.12 bits per heavy atom. The number of hydrogen-bond donors (Lipinski definition) is 1. The van der Waals surface area contributed by atoms with E-state index in [-0.39, 0.29) is 6.42 Å². The number of thiazole rings is 1. The summed E-state index contributed by atoms with van der Waals surface area (Å²) < 4.78 is 1.63. The van der Waals surface area contributed by atoms with E-state index in [4.69, 9.17) is 5.11 Å². The van der Waals surface area contributed by atoms with Crippen molar-refractivity contribution in [2.75, 3.05) is 0 Å². The molecule has 0 aliphatic carbocycles. The van der Waals surface area contributed by atoms with Crippen LogP contribution in [-0.2, 0) is 11.2 Å². The molecule has 0 unspecified atom stereocenters. The molecule has 0 aromatic carbocycles. The molecule has 16 heavy (non-hydrogen) atoms. The third-order valence-electron chi connectivity index (χ3n) is 1.98. The van der Waals surface area contributed by atoms with Gasteiger partial charge in [0.25, 0.3) is 0 Å². The Bertz CT molecular complexity index is 530. The van der Waals surface area contributed by atoms with E-state index in [9.17, 15) is 9.59 Å². The molecule has 2 aromatic rings. The van der Waals surface area contributed by atoms with Crippen LogP contribution in [0.3, 0.4) is 0 Å². The first-order chi connectivity index (χ1) is 7.70. The van der Waals surface area contributed by atoms with Gasteiger partial charge in [-0.25, -0.2) is 4.98 Å². The Hall–Kier alpha value is -1.95. The van der Waals surface area contributed by atoms with Gasteiger partial charge in [0, 0.05) is 11.6 Å². The van der Waals surface area contributed by atoms with Gasteiger partial charge in [-0.05, 0) is 12.1 Å². The highest BCUT2D eigenvalue weighted by molar-refractivity contribution is 7.12. The van der Waals surface area contributed by atoms with Crippen LogP contribution in [0.1, 0.15) is 16.2 Å². The topological polar surface area (TPSA) is 72.2 Å². The predicted molar refractivity (Wildman–Crippen MR) is 58.2 cm³/mol. The Balaban J connectivity index is 2.31. The van der Waals surface area contributed by atoms with Crippen LogP contribution < -0.4 is 0 Å². The summed E-state index contributed by atoms with van der Waals surface area (Å²) in [5, 5.41) is 10.9. The summed E-state index contributed by atoms with van der Waals surface area (Å²) in [5.74, 6) is -0.917. The fourth-order valence-electron chi connectivity index (χ4n) is 1.31. The van der Waals surface area contributed by atoms with Gasteiger partial charge in [-0.15, -0.1) is 11.3 Å². The number of carboxylic acid groups (broad SMARTS) is 1. The maximum absolute atomic E-state index is 10.7. The van der Waals surface area contributed by atoms with Gasteiger partial charge in [0.15, 0.2) is 11.4 Å². The summed E-state index contributed by atoms with van der Waals surface area (Å²) in [6.07, 6.45) is 2.35. The zero-order chi connectivity index (χ0) is 11.5. The summed E-state index contributed by atoms with van der Waals surface area (Å²) in [6, 6.07) is 3.41. The first-order valence-electron chi connectivity index (χ1n) is 4.50. The van der Waals surface area contributed by atoms with Gasteiger partial charge >= 0.3 is 5.97 Å². The van der Waals surface area contributed by atoms with E-state index in [1.54, 1.807) is 28.3 Å². The van der Waals surface area contributed by atoms with Crippen LogP contribution in [-0.4, -0.2) is 26.9 Å². The molecule has 2 aromatic heterocycles. The van der Waals surface area contributed by atoms with Crippen molar-refractivity contribution in [2.24, 2.45) is 0 Å². The molecule has 0 radical (unpaired) electrons. The van der Waals surface area contributed by atoms with E-state index in [1.165, 1.54) is 11.3 Å². The molecule has 0 atom stereocenters. The standard InChI is InChI=1S/C10H8N2O3S/c13-5-8-2-1-3-12(8)10-11-7(6-16-10)4-9(14)15/h1-3,5-6H,4H2,(H,14,15). The molecule has 5 nitrogen and oxygen atoms in total. The summed E-state index contributed by atoms with van der Waals surface area (Å²) in [5.41, 5.74) is 0.995. The lowest BCUT2D eigenvalue weighted by Gasteiger charge is -1.98. The second kappa shape index (κ2) is 4.28. The third kappa shape index (κ3) is 2.01. The van der Waals surface area contributed by atoms with Gasteiger partial charge in [-0.2, -0.15) is 0 Å². The minimum atomic E-state index is -0.917. The third-order valence-corrected chi connectivity index (χ3v) is 2.87. The first kappa shape index (κ1) is 10.6.